The number of rotatable bonds is 15. The van der Waals surface area contributed by atoms with Gasteiger partial charge in [-0.3, -0.25) is 34.3 Å². The molecule has 0 saturated heterocycles. The van der Waals surface area contributed by atoms with Crippen molar-refractivity contribution in [2.75, 3.05) is 39.3 Å². The maximum absolute atomic E-state index is 11.2. The summed E-state index contributed by atoms with van der Waals surface area (Å²) in [5.41, 5.74) is 4.50. The monoisotopic (exact) mass is 584 g/mol. The fraction of sp³-hybridized carbons (Fsp3) is 0.273. The molecule has 43 heavy (non-hydrogen) atoms. The summed E-state index contributed by atoms with van der Waals surface area (Å²) in [6, 6.07) is 10.1. The highest BCUT2D eigenvalue weighted by Gasteiger charge is 2.09. The predicted molar refractivity (Wildman–Crippen MR) is 169 cm³/mol. The number of aryl methyl sites for hydroxylation is 3. The molecule has 0 heterocycles. The number of carbonyl (C=O) groups is 3. The van der Waals surface area contributed by atoms with Crippen LogP contribution in [0.25, 0.3) is 0 Å². The number of hydrogen-bond acceptors (Lipinski definition) is 10. The zero-order valence-corrected chi connectivity index (χ0v) is 24.5. The van der Waals surface area contributed by atoms with Gasteiger partial charge in [0.05, 0.1) is 36.3 Å². The van der Waals surface area contributed by atoms with Crippen LogP contribution in [-0.2, 0) is 0 Å². The largest absolute Gasteiger partial charge is 0.507 e. The van der Waals surface area contributed by atoms with Crippen molar-refractivity contribution >= 4 is 37.5 Å². The Morgan fingerprint density at radius 1 is 0.512 bits per heavy atom. The third-order valence-electron chi connectivity index (χ3n) is 6.65. The van der Waals surface area contributed by atoms with Gasteiger partial charge in [-0.05, 0) is 73.9 Å². The lowest BCUT2D eigenvalue weighted by atomic mass is 10.1. The van der Waals surface area contributed by atoms with Gasteiger partial charge in [0.25, 0.3) is 0 Å². The average molecular weight is 585 g/mol. The van der Waals surface area contributed by atoms with Gasteiger partial charge in [-0.15, -0.1) is 0 Å². The highest BCUT2D eigenvalue weighted by atomic mass is 16.3. The fourth-order valence-electron chi connectivity index (χ4n) is 4.49. The summed E-state index contributed by atoms with van der Waals surface area (Å²) < 4.78 is 0. The molecule has 0 radical (unpaired) electrons. The molecule has 0 unspecified atom stereocenters. The molecule has 3 N–H and O–H groups in total. The number of aldehydes is 3. The zero-order chi connectivity index (χ0) is 31.4. The van der Waals surface area contributed by atoms with E-state index in [1.54, 1.807) is 55.0 Å². The van der Waals surface area contributed by atoms with Crippen LogP contribution >= 0.6 is 0 Å². The van der Waals surface area contributed by atoms with Crippen molar-refractivity contribution in [3.63, 3.8) is 0 Å². The lowest BCUT2D eigenvalue weighted by molar-refractivity contribution is 0.111. The number of benzene rings is 3. The zero-order valence-electron chi connectivity index (χ0n) is 24.5. The van der Waals surface area contributed by atoms with E-state index in [-0.39, 0.29) is 33.9 Å². The van der Waals surface area contributed by atoms with Crippen LogP contribution < -0.4 is 0 Å². The molecule has 0 aliphatic rings. The smallest absolute Gasteiger partial charge is 0.153 e. The van der Waals surface area contributed by atoms with Gasteiger partial charge in [0.15, 0.2) is 18.9 Å². The number of carbonyl (C=O) groups excluding carboxylic acids is 3. The van der Waals surface area contributed by atoms with E-state index in [1.807, 2.05) is 20.8 Å². The van der Waals surface area contributed by atoms with Gasteiger partial charge in [-0.25, -0.2) is 0 Å². The molecule has 10 nitrogen and oxygen atoms in total. The van der Waals surface area contributed by atoms with Crippen molar-refractivity contribution in [2.24, 2.45) is 15.0 Å². The van der Waals surface area contributed by atoms with Crippen LogP contribution in [0, 0.1) is 20.8 Å². The molecule has 0 aromatic heterocycles. The van der Waals surface area contributed by atoms with Gasteiger partial charge in [0, 0.05) is 55.0 Å². The Kier molecular flexibility index (Phi) is 12.0. The van der Waals surface area contributed by atoms with Crippen molar-refractivity contribution in [2.45, 2.75) is 20.8 Å². The Labute approximate surface area is 250 Å². The van der Waals surface area contributed by atoms with Crippen molar-refractivity contribution in [3.05, 3.63) is 86.5 Å². The minimum atomic E-state index is -0.112. The quantitative estimate of drug-likeness (QED) is 0.179. The lowest BCUT2D eigenvalue weighted by Crippen LogP contribution is -2.31. The third kappa shape index (κ3) is 9.27. The molecular weight excluding hydrogens is 548 g/mol. The van der Waals surface area contributed by atoms with Crippen molar-refractivity contribution in [1.29, 1.82) is 0 Å². The van der Waals surface area contributed by atoms with E-state index in [1.165, 1.54) is 0 Å². The maximum atomic E-state index is 11.2. The normalized spacial score (nSPS) is 11.7. The molecule has 10 heteroatoms. The molecule has 3 aromatic rings. The van der Waals surface area contributed by atoms with Gasteiger partial charge in [-0.2, -0.15) is 0 Å². The van der Waals surface area contributed by atoms with E-state index in [4.69, 9.17) is 0 Å². The predicted octanol–water partition coefficient (Wildman–Crippen LogP) is 4.13. The minimum Gasteiger partial charge on any atom is -0.507 e. The number of phenols is 3. The first-order valence-corrected chi connectivity index (χ1v) is 13.7. The summed E-state index contributed by atoms with van der Waals surface area (Å²) in [4.78, 5) is 49.1. The molecule has 224 valence electrons. The van der Waals surface area contributed by atoms with Crippen LogP contribution in [-0.4, -0.2) is 97.0 Å². The summed E-state index contributed by atoms with van der Waals surface area (Å²) in [6.07, 6.45) is 6.44. The third-order valence-corrected chi connectivity index (χ3v) is 6.65. The van der Waals surface area contributed by atoms with Gasteiger partial charge in [0.1, 0.15) is 17.2 Å². The second-order valence-electron chi connectivity index (χ2n) is 10.2. The summed E-state index contributed by atoms with van der Waals surface area (Å²) in [6.45, 7) is 8.34. The van der Waals surface area contributed by atoms with Crippen LogP contribution in [0.2, 0.25) is 0 Å². The molecule has 3 rings (SSSR count). The Balaban J connectivity index is 1.69. The number of aliphatic imine (C=N–C) groups is 3. The van der Waals surface area contributed by atoms with Crippen molar-refractivity contribution in [3.8, 4) is 17.2 Å². The Hall–Kier alpha value is -4.96. The maximum Gasteiger partial charge on any atom is 0.153 e. The molecule has 0 saturated carbocycles. The van der Waals surface area contributed by atoms with Gasteiger partial charge in [-0.1, -0.05) is 0 Å². The molecule has 0 fully saturated rings. The first-order chi connectivity index (χ1) is 20.7. The fourth-order valence-corrected chi connectivity index (χ4v) is 4.49. The number of hydrogen-bond donors (Lipinski definition) is 3. The van der Waals surface area contributed by atoms with E-state index < -0.39 is 0 Å². The second-order valence-corrected chi connectivity index (χ2v) is 10.2. The molecular formula is C33H36N4O6. The molecule has 0 spiro atoms. The summed E-state index contributed by atoms with van der Waals surface area (Å²) in [5.74, 6) is -0.336. The molecule has 0 atom stereocenters. The Bertz CT molecular complexity index is 1380. The SMILES string of the molecule is Cc1cc(C=O)c(O)c(C=NCCN(CCN=Cc2cc(C)cc(C=O)c2O)CCN=Cc2cc(C)cc(C=O)c2O)c1. The molecule has 0 bridgehead atoms. The van der Waals surface area contributed by atoms with Crippen LogP contribution in [0.4, 0.5) is 0 Å². The average Bonchev–Trinajstić information content (AvgIpc) is 2.99. The molecule has 3 aromatic carbocycles. The van der Waals surface area contributed by atoms with Crippen LogP contribution in [0.1, 0.15) is 64.5 Å². The van der Waals surface area contributed by atoms with Gasteiger partial charge >= 0.3 is 0 Å². The second kappa shape index (κ2) is 15.9. The van der Waals surface area contributed by atoms with E-state index in [0.29, 0.717) is 74.8 Å². The standard InChI is InChI=1S/C33H36N4O6/c1-22-10-25(31(41)28(13-22)19-38)16-34-4-7-37(8-5-35-17-26-11-23(2)14-29(20-39)32(26)42)9-6-36-18-27-12-24(3)15-30(21-40)33(27)43/h10-21,41-43H,4-9H2,1-3H3. The Morgan fingerprint density at radius 3 is 1.02 bits per heavy atom. The van der Waals surface area contributed by atoms with E-state index >= 15 is 0 Å². The number of nitrogens with zero attached hydrogens (tertiary/aromatic N) is 4. The first kappa shape index (κ1) is 32.6. The Morgan fingerprint density at radius 2 is 0.767 bits per heavy atom. The highest BCUT2D eigenvalue weighted by Crippen LogP contribution is 2.23. The topological polar surface area (TPSA) is 152 Å². The van der Waals surface area contributed by atoms with E-state index in [9.17, 15) is 29.7 Å². The lowest BCUT2D eigenvalue weighted by Gasteiger charge is -2.19. The number of aromatic hydroxyl groups is 3. The summed E-state index contributed by atoms with van der Waals surface area (Å²) >= 11 is 0. The van der Waals surface area contributed by atoms with Gasteiger partial charge in [0.2, 0.25) is 0 Å². The van der Waals surface area contributed by atoms with Gasteiger partial charge < -0.3 is 15.3 Å². The number of phenolic OH excluding ortho intramolecular Hbond substituents is 3. The van der Waals surface area contributed by atoms with Crippen molar-refractivity contribution < 1.29 is 29.7 Å². The highest BCUT2D eigenvalue weighted by molar-refractivity contribution is 5.92. The molecule has 0 aliphatic heterocycles. The van der Waals surface area contributed by atoms with Crippen LogP contribution in [0.15, 0.2) is 51.4 Å². The van der Waals surface area contributed by atoms with E-state index in [2.05, 4.69) is 19.9 Å². The summed E-state index contributed by atoms with van der Waals surface area (Å²) in [7, 11) is 0. The molecule has 0 aliphatic carbocycles. The van der Waals surface area contributed by atoms with Crippen molar-refractivity contribution in [1.82, 2.24) is 4.90 Å². The molecule has 0 amide bonds. The van der Waals surface area contributed by atoms with Crippen LogP contribution in [0.3, 0.4) is 0 Å². The first-order valence-electron chi connectivity index (χ1n) is 13.7. The van der Waals surface area contributed by atoms with E-state index in [0.717, 1.165) is 16.7 Å². The summed E-state index contributed by atoms with van der Waals surface area (Å²) in [5, 5.41) is 30.9. The van der Waals surface area contributed by atoms with Crippen LogP contribution in [0.5, 0.6) is 17.2 Å². The minimum absolute atomic E-state index is 0.112.